The summed E-state index contributed by atoms with van der Waals surface area (Å²) in [7, 11) is 0. The van der Waals surface area contributed by atoms with Crippen LogP contribution in [-0.4, -0.2) is 10.5 Å². The number of halogens is 1. The third kappa shape index (κ3) is 3.64. The van der Waals surface area contributed by atoms with Crippen LogP contribution < -0.4 is 5.32 Å². The molecule has 0 aliphatic carbocycles. The van der Waals surface area contributed by atoms with Crippen molar-refractivity contribution in [3.8, 4) is 0 Å². The van der Waals surface area contributed by atoms with E-state index in [0.717, 1.165) is 10.0 Å². The Labute approximate surface area is 144 Å². The maximum absolute atomic E-state index is 12.2. The maximum atomic E-state index is 12.2. The van der Waals surface area contributed by atoms with E-state index in [2.05, 4.69) is 44.0 Å². The summed E-state index contributed by atoms with van der Waals surface area (Å²) >= 11 is 3.53. The number of carbonyl (C=O) groups excluding carboxylic acids is 1. The second-order valence-corrected chi connectivity index (χ2v) is 6.48. The van der Waals surface area contributed by atoms with Gasteiger partial charge >= 0.3 is 0 Å². The van der Waals surface area contributed by atoms with Crippen LogP contribution in [0, 0.1) is 0 Å². The molecule has 1 atom stereocenters. The lowest BCUT2D eigenvalue weighted by Gasteiger charge is -2.16. The minimum atomic E-state index is -0.0144. The van der Waals surface area contributed by atoms with Crippen LogP contribution >= 0.6 is 15.9 Å². The van der Waals surface area contributed by atoms with Gasteiger partial charge in [-0.1, -0.05) is 52.3 Å². The Kier molecular flexibility index (Phi) is 4.82. The SMILES string of the molecule is CC(NC(=O)CCn1ccc2ccccc21)c1ccccc1Br. The zero-order chi connectivity index (χ0) is 16.2. The number of aromatic nitrogens is 1. The topological polar surface area (TPSA) is 34.0 Å². The highest BCUT2D eigenvalue weighted by Gasteiger charge is 2.12. The second kappa shape index (κ2) is 7.01. The summed E-state index contributed by atoms with van der Waals surface area (Å²) < 4.78 is 3.14. The van der Waals surface area contributed by atoms with Gasteiger partial charge in [-0.15, -0.1) is 0 Å². The van der Waals surface area contributed by atoms with E-state index < -0.39 is 0 Å². The van der Waals surface area contributed by atoms with Gasteiger partial charge in [0.05, 0.1) is 6.04 Å². The van der Waals surface area contributed by atoms with E-state index in [0.29, 0.717) is 13.0 Å². The summed E-state index contributed by atoms with van der Waals surface area (Å²) in [6.07, 6.45) is 2.50. The van der Waals surface area contributed by atoms with E-state index in [1.807, 2.05) is 49.5 Å². The lowest BCUT2D eigenvalue weighted by molar-refractivity contribution is -0.121. The van der Waals surface area contributed by atoms with Crippen molar-refractivity contribution in [1.82, 2.24) is 9.88 Å². The molecule has 0 saturated carbocycles. The number of nitrogens with zero attached hydrogens (tertiary/aromatic N) is 1. The molecule has 3 rings (SSSR count). The number of para-hydroxylation sites is 1. The maximum Gasteiger partial charge on any atom is 0.222 e. The number of carbonyl (C=O) groups is 1. The second-order valence-electron chi connectivity index (χ2n) is 5.63. The molecule has 0 aliphatic heterocycles. The third-order valence-corrected chi connectivity index (χ3v) is 4.73. The van der Waals surface area contributed by atoms with Crippen molar-refractivity contribution in [2.45, 2.75) is 25.9 Å². The monoisotopic (exact) mass is 370 g/mol. The standard InChI is InChI=1S/C19H19BrN2O/c1-14(16-7-3-4-8-17(16)20)21-19(23)11-13-22-12-10-15-6-2-5-9-18(15)22/h2-10,12,14H,11,13H2,1H3,(H,21,23). The van der Waals surface area contributed by atoms with Gasteiger partial charge in [0.2, 0.25) is 5.91 Å². The van der Waals surface area contributed by atoms with E-state index in [4.69, 9.17) is 0 Å². The minimum Gasteiger partial charge on any atom is -0.349 e. The van der Waals surface area contributed by atoms with Gasteiger partial charge in [0, 0.05) is 29.2 Å². The Hall–Kier alpha value is -2.07. The highest BCUT2D eigenvalue weighted by molar-refractivity contribution is 9.10. The van der Waals surface area contributed by atoms with Crippen LogP contribution in [0.4, 0.5) is 0 Å². The molecule has 3 nitrogen and oxygen atoms in total. The van der Waals surface area contributed by atoms with Gasteiger partial charge in [0.25, 0.3) is 0 Å². The van der Waals surface area contributed by atoms with Crippen LogP contribution in [0.15, 0.2) is 65.3 Å². The molecule has 1 unspecified atom stereocenters. The fourth-order valence-corrected chi connectivity index (χ4v) is 3.40. The largest absolute Gasteiger partial charge is 0.349 e. The van der Waals surface area contributed by atoms with Gasteiger partial charge in [-0.2, -0.15) is 0 Å². The molecule has 1 amide bonds. The van der Waals surface area contributed by atoms with E-state index in [1.54, 1.807) is 0 Å². The number of hydrogen-bond acceptors (Lipinski definition) is 1. The predicted molar refractivity (Wildman–Crippen MR) is 97.3 cm³/mol. The number of fused-ring (bicyclic) bond motifs is 1. The van der Waals surface area contributed by atoms with Crippen LogP contribution in [0.2, 0.25) is 0 Å². The molecule has 0 fully saturated rings. The smallest absolute Gasteiger partial charge is 0.222 e. The van der Waals surface area contributed by atoms with Crippen molar-refractivity contribution >= 4 is 32.7 Å². The van der Waals surface area contributed by atoms with Gasteiger partial charge in [-0.05, 0) is 36.1 Å². The van der Waals surface area contributed by atoms with Gasteiger partial charge < -0.3 is 9.88 Å². The molecular formula is C19H19BrN2O. The molecule has 0 bridgehead atoms. The lowest BCUT2D eigenvalue weighted by atomic mass is 10.1. The van der Waals surface area contributed by atoms with Crippen LogP contribution in [0.25, 0.3) is 10.9 Å². The molecule has 0 radical (unpaired) electrons. The average Bonchev–Trinajstić information content (AvgIpc) is 2.96. The molecule has 23 heavy (non-hydrogen) atoms. The molecule has 0 saturated heterocycles. The van der Waals surface area contributed by atoms with Crippen LogP contribution in [-0.2, 0) is 11.3 Å². The first kappa shape index (κ1) is 15.8. The molecule has 118 valence electrons. The van der Waals surface area contributed by atoms with Crippen molar-refractivity contribution in [3.05, 3.63) is 70.8 Å². The van der Waals surface area contributed by atoms with Crippen LogP contribution in [0.5, 0.6) is 0 Å². The van der Waals surface area contributed by atoms with Crippen LogP contribution in [0.1, 0.15) is 24.9 Å². The van der Waals surface area contributed by atoms with Gasteiger partial charge in [-0.25, -0.2) is 0 Å². The van der Waals surface area contributed by atoms with Crippen molar-refractivity contribution in [2.75, 3.05) is 0 Å². The Bertz CT molecular complexity index is 825. The van der Waals surface area contributed by atoms with E-state index in [-0.39, 0.29) is 11.9 Å². The zero-order valence-electron chi connectivity index (χ0n) is 13.0. The fourth-order valence-electron chi connectivity index (χ4n) is 2.78. The van der Waals surface area contributed by atoms with Crippen LogP contribution in [0.3, 0.4) is 0 Å². The van der Waals surface area contributed by atoms with Gasteiger partial charge in [0.1, 0.15) is 0 Å². The molecule has 1 N–H and O–H groups in total. The number of hydrogen-bond donors (Lipinski definition) is 1. The fraction of sp³-hybridized carbons (Fsp3) is 0.211. The first-order valence-electron chi connectivity index (χ1n) is 7.73. The number of rotatable bonds is 5. The van der Waals surface area contributed by atoms with E-state index >= 15 is 0 Å². The highest BCUT2D eigenvalue weighted by Crippen LogP contribution is 2.22. The van der Waals surface area contributed by atoms with E-state index in [9.17, 15) is 4.79 Å². The van der Waals surface area contributed by atoms with Crippen molar-refractivity contribution in [3.63, 3.8) is 0 Å². The molecule has 1 heterocycles. The van der Waals surface area contributed by atoms with Crippen molar-refractivity contribution in [2.24, 2.45) is 0 Å². The first-order chi connectivity index (χ1) is 11.1. The first-order valence-corrected chi connectivity index (χ1v) is 8.52. The summed E-state index contributed by atoms with van der Waals surface area (Å²) in [5.74, 6) is 0.0611. The summed E-state index contributed by atoms with van der Waals surface area (Å²) in [4.78, 5) is 12.2. The molecule has 1 aromatic heterocycles. The number of aryl methyl sites for hydroxylation is 1. The van der Waals surface area contributed by atoms with Crippen molar-refractivity contribution in [1.29, 1.82) is 0 Å². The predicted octanol–water partition coefficient (Wildman–Crippen LogP) is 4.67. The molecule has 0 spiro atoms. The number of amides is 1. The molecule has 3 aromatic rings. The lowest BCUT2D eigenvalue weighted by Crippen LogP contribution is -2.27. The Morgan fingerprint density at radius 1 is 1.13 bits per heavy atom. The quantitative estimate of drug-likeness (QED) is 0.695. The normalized spacial score (nSPS) is 12.3. The zero-order valence-corrected chi connectivity index (χ0v) is 14.6. The summed E-state index contributed by atoms with van der Waals surface area (Å²) in [5, 5.41) is 4.27. The van der Waals surface area contributed by atoms with Gasteiger partial charge in [0.15, 0.2) is 0 Å². The number of nitrogens with one attached hydrogen (secondary N) is 1. The minimum absolute atomic E-state index is 0.0144. The average molecular weight is 371 g/mol. The molecular weight excluding hydrogens is 352 g/mol. The molecule has 4 heteroatoms. The van der Waals surface area contributed by atoms with E-state index in [1.165, 1.54) is 10.9 Å². The Morgan fingerprint density at radius 2 is 1.87 bits per heavy atom. The summed E-state index contributed by atoms with van der Waals surface area (Å²) in [6, 6.07) is 18.2. The third-order valence-electron chi connectivity index (χ3n) is 4.01. The van der Waals surface area contributed by atoms with Crippen molar-refractivity contribution < 1.29 is 4.79 Å². The number of benzene rings is 2. The highest BCUT2D eigenvalue weighted by atomic mass is 79.9. The summed E-state index contributed by atoms with van der Waals surface area (Å²) in [6.45, 7) is 2.69. The summed E-state index contributed by atoms with van der Waals surface area (Å²) in [5.41, 5.74) is 2.26. The Morgan fingerprint density at radius 3 is 2.70 bits per heavy atom. The molecule has 0 aliphatic rings. The molecule has 2 aromatic carbocycles. The Balaban J connectivity index is 1.61. The van der Waals surface area contributed by atoms with Gasteiger partial charge in [-0.3, -0.25) is 4.79 Å².